The molecule has 0 heterocycles. The molecule has 3 N–H and O–H groups in total. The molecule has 1 fully saturated rings. The highest BCUT2D eigenvalue weighted by Gasteiger charge is 2.36. The van der Waals surface area contributed by atoms with Gasteiger partial charge in [-0.25, -0.2) is 0 Å². The van der Waals surface area contributed by atoms with Gasteiger partial charge in [0.1, 0.15) is 0 Å². The molecule has 0 radical (unpaired) electrons. The fourth-order valence-corrected chi connectivity index (χ4v) is 2.88. The number of benzene rings is 1. The maximum Gasteiger partial charge on any atom is 0.225 e. The van der Waals surface area contributed by atoms with E-state index in [0.29, 0.717) is 19.4 Å². The molecule has 0 bridgehead atoms. The van der Waals surface area contributed by atoms with Crippen LogP contribution in [0, 0.1) is 19.8 Å². The van der Waals surface area contributed by atoms with Gasteiger partial charge in [-0.3, -0.25) is 4.79 Å². The fraction of sp³-hybridized carbons (Fsp3) is 0.562. The first-order chi connectivity index (χ1) is 9.40. The van der Waals surface area contributed by atoms with E-state index in [1.54, 1.807) is 4.90 Å². The van der Waals surface area contributed by atoms with E-state index >= 15 is 0 Å². The lowest BCUT2D eigenvalue weighted by Gasteiger charge is -2.22. The predicted octanol–water partition coefficient (Wildman–Crippen LogP) is 1.36. The lowest BCUT2D eigenvalue weighted by molar-refractivity contribution is -0.134. The second-order valence-corrected chi connectivity index (χ2v) is 5.95. The van der Waals surface area contributed by atoms with Gasteiger partial charge >= 0.3 is 0 Å². The standard InChI is InChI=1S/C16H24N2O2/c1-10-5-4-6-12(11(10)2)9-18(3)16(20)13-7-14(17)15(19)8-13/h4-6,13-15,19H,7-9,17H2,1-3H3/t13-,14-,15-/m0/s1. The molecule has 1 aliphatic carbocycles. The van der Waals surface area contributed by atoms with E-state index in [1.165, 1.54) is 16.7 Å². The molecule has 0 saturated heterocycles. The Labute approximate surface area is 120 Å². The molecule has 1 aromatic carbocycles. The number of hydrogen-bond donors (Lipinski definition) is 2. The van der Waals surface area contributed by atoms with E-state index in [1.807, 2.05) is 13.1 Å². The van der Waals surface area contributed by atoms with E-state index < -0.39 is 6.10 Å². The Morgan fingerprint density at radius 3 is 2.70 bits per heavy atom. The van der Waals surface area contributed by atoms with Gasteiger partial charge in [0, 0.05) is 25.6 Å². The molecule has 1 aliphatic rings. The van der Waals surface area contributed by atoms with Crippen LogP contribution in [0.3, 0.4) is 0 Å². The van der Waals surface area contributed by atoms with Crippen LogP contribution in [0.4, 0.5) is 0 Å². The second kappa shape index (κ2) is 5.94. The predicted molar refractivity (Wildman–Crippen MR) is 79.1 cm³/mol. The van der Waals surface area contributed by atoms with E-state index in [0.717, 1.165) is 0 Å². The summed E-state index contributed by atoms with van der Waals surface area (Å²) in [4.78, 5) is 14.1. The normalized spacial score (nSPS) is 25.8. The number of carbonyl (C=O) groups excluding carboxylic acids is 1. The Balaban J connectivity index is 2.03. The molecule has 0 spiro atoms. The summed E-state index contributed by atoms with van der Waals surface area (Å²) >= 11 is 0. The topological polar surface area (TPSA) is 66.6 Å². The van der Waals surface area contributed by atoms with Gasteiger partial charge in [0.15, 0.2) is 0 Å². The quantitative estimate of drug-likeness (QED) is 0.876. The molecule has 0 unspecified atom stereocenters. The lowest BCUT2D eigenvalue weighted by Crippen LogP contribution is -2.32. The van der Waals surface area contributed by atoms with Gasteiger partial charge in [0.05, 0.1) is 6.10 Å². The fourth-order valence-electron chi connectivity index (χ4n) is 2.88. The molecule has 1 saturated carbocycles. The second-order valence-electron chi connectivity index (χ2n) is 5.95. The van der Waals surface area contributed by atoms with E-state index in [-0.39, 0.29) is 17.9 Å². The van der Waals surface area contributed by atoms with Crippen LogP contribution in [0.15, 0.2) is 18.2 Å². The van der Waals surface area contributed by atoms with Crippen molar-refractivity contribution in [2.45, 2.75) is 45.4 Å². The third-order valence-corrected chi connectivity index (χ3v) is 4.43. The summed E-state index contributed by atoms with van der Waals surface area (Å²) in [5.41, 5.74) is 9.42. The molecular formula is C16H24N2O2. The third-order valence-electron chi connectivity index (χ3n) is 4.43. The van der Waals surface area contributed by atoms with Crippen LogP contribution < -0.4 is 5.73 Å². The van der Waals surface area contributed by atoms with Crippen LogP contribution in [-0.4, -0.2) is 35.1 Å². The molecule has 4 nitrogen and oxygen atoms in total. The van der Waals surface area contributed by atoms with E-state index in [2.05, 4.69) is 26.0 Å². The maximum atomic E-state index is 12.4. The van der Waals surface area contributed by atoms with Crippen molar-refractivity contribution in [1.82, 2.24) is 4.90 Å². The van der Waals surface area contributed by atoms with Crippen molar-refractivity contribution in [3.63, 3.8) is 0 Å². The first kappa shape index (κ1) is 15.0. The average molecular weight is 276 g/mol. The van der Waals surface area contributed by atoms with Crippen molar-refractivity contribution >= 4 is 5.91 Å². The zero-order chi connectivity index (χ0) is 14.9. The number of aliphatic hydroxyl groups excluding tert-OH is 1. The highest BCUT2D eigenvalue weighted by atomic mass is 16.3. The monoisotopic (exact) mass is 276 g/mol. The summed E-state index contributed by atoms with van der Waals surface area (Å²) in [6, 6.07) is 5.89. The summed E-state index contributed by atoms with van der Waals surface area (Å²) in [6.07, 6.45) is 0.520. The molecule has 3 atom stereocenters. The van der Waals surface area contributed by atoms with Gasteiger partial charge < -0.3 is 15.7 Å². The van der Waals surface area contributed by atoms with Gasteiger partial charge in [-0.2, -0.15) is 0 Å². The van der Waals surface area contributed by atoms with Crippen molar-refractivity contribution in [3.8, 4) is 0 Å². The maximum absolute atomic E-state index is 12.4. The van der Waals surface area contributed by atoms with Crippen molar-refractivity contribution < 1.29 is 9.90 Å². The Bertz CT molecular complexity index is 491. The Morgan fingerprint density at radius 1 is 1.40 bits per heavy atom. The minimum Gasteiger partial charge on any atom is -0.391 e. The number of aliphatic hydroxyl groups is 1. The number of carbonyl (C=O) groups is 1. The van der Waals surface area contributed by atoms with Crippen molar-refractivity contribution in [1.29, 1.82) is 0 Å². The van der Waals surface area contributed by atoms with Crippen LogP contribution in [0.2, 0.25) is 0 Å². The average Bonchev–Trinajstić information content (AvgIpc) is 2.74. The molecule has 4 heteroatoms. The van der Waals surface area contributed by atoms with E-state index in [4.69, 9.17) is 5.73 Å². The third kappa shape index (κ3) is 3.02. The first-order valence-corrected chi connectivity index (χ1v) is 7.14. The summed E-state index contributed by atoms with van der Waals surface area (Å²) in [5.74, 6) is -0.0620. The van der Waals surface area contributed by atoms with Crippen LogP contribution in [0.25, 0.3) is 0 Å². The molecule has 2 rings (SSSR count). The number of nitrogens with two attached hydrogens (primary N) is 1. The minimum atomic E-state index is -0.543. The Morgan fingerprint density at radius 2 is 2.10 bits per heavy atom. The van der Waals surface area contributed by atoms with Gasteiger partial charge in [0.2, 0.25) is 5.91 Å². The number of hydrogen-bond acceptors (Lipinski definition) is 3. The minimum absolute atomic E-state index is 0.0814. The smallest absolute Gasteiger partial charge is 0.225 e. The van der Waals surface area contributed by atoms with Gasteiger partial charge in [-0.05, 0) is 43.4 Å². The van der Waals surface area contributed by atoms with Crippen LogP contribution in [0.5, 0.6) is 0 Å². The summed E-state index contributed by atoms with van der Waals surface area (Å²) < 4.78 is 0. The lowest BCUT2D eigenvalue weighted by atomic mass is 10.0. The summed E-state index contributed by atoms with van der Waals surface area (Å²) in [6.45, 7) is 4.76. The SMILES string of the molecule is Cc1cccc(CN(C)C(=O)[C@H]2C[C@H](N)[C@@H](O)C2)c1C. The van der Waals surface area contributed by atoms with Crippen LogP contribution in [-0.2, 0) is 11.3 Å². The van der Waals surface area contributed by atoms with E-state index in [9.17, 15) is 9.90 Å². The zero-order valence-corrected chi connectivity index (χ0v) is 12.5. The Hall–Kier alpha value is -1.39. The van der Waals surface area contributed by atoms with Gasteiger partial charge in [-0.1, -0.05) is 18.2 Å². The van der Waals surface area contributed by atoms with Crippen molar-refractivity contribution in [2.75, 3.05) is 7.05 Å². The molecule has 110 valence electrons. The number of rotatable bonds is 3. The number of nitrogens with zero attached hydrogens (tertiary/aromatic N) is 1. The summed E-state index contributed by atoms with van der Waals surface area (Å²) in [7, 11) is 1.82. The number of amides is 1. The highest BCUT2D eigenvalue weighted by molar-refractivity contribution is 5.79. The van der Waals surface area contributed by atoms with Gasteiger partial charge in [-0.15, -0.1) is 0 Å². The van der Waals surface area contributed by atoms with Crippen molar-refractivity contribution in [2.24, 2.45) is 11.7 Å². The molecule has 0 aromatic heterocycles. The van der Waals surface area contributed by atoms with Crippen LogP contribution in [0.1, 0.15) is 29.5 Å². The molecule has 1 aromatic rings. The zero-order valence-electron chi connectivity index (χ0n) is 12.5. The molecule has 1 amide bonds. The Kier molecular flexibility index (Phi) is 4.45. The van der Waals surface area contributed by atoms with Crippen molar-refractivity contribution in [3.05, 3.63) is 34.9 Å². The molecular weight excluding hydrogens is 252 g/mol. The first-order valence-electron chi connectivity index (χ1n) is 7.14. The highest BCUT2D eigenvalue weighted by Crippen LogP contribution is 2.27. The number of aryl methyl sites for hydroxylation is 1. The van der Waals surface area contributed by atoms with Crippen LogP contribution >= 0.6 is 0 Å². The summed E-state index contributed by atoms with van der Waals surface area (Å²) in [5, 5.41) is 9.67. The largest absolute Gasteiger partial charge is 0.391 e. The van der Waals surface area contributed by atoms with Gasteiger partial charge in [0.25, 0.3) is 0 Å². The molecule has 0 aliphatic heterocycles. The molecule has 20 heavy (non-hydrogen) atoms.